The number of aromatic amines is 1. The highest BCUT2D eigenvalue weighted by Gasteiger charge is 2.39. The van der Waals surface area contributed by atoms with Gasteiger partial charge >= 0.3 is 0 Å². The van der Waals surface area contributed by atoms with Gasteiger partial charge < -0.3 is 10.6 Å². The van der Waals surface area contributed by atoms with Crippen LogP contribution in [0.1, 0.15) is 26.2 Å². The molecule has 1 fully saturated rings. The molecule has 1 aliphatic rings. The minimum absolute atomic E-state index is 0. The first-order valence-electron chi connectivity index (χ1n) is 7.40. The molecule has 1 unspecified atom stereocenters. The minimum Gasteiger partial charge on any atom is -0.324 e. The van der Waals surface area contributed by atoms with Crippen LogP contribution in [0, 0.1) is 0 Å². The maximum atomic E-state index is 12.6. The largest absolute Gasteiger partial charge is 0.324 e. The molecule has 0 aliphatic carbocycles. The van der Waals surface area contributed by atoms with Crippen LogP contribution in [-0.2, 0) is 4.79 Å². The van der Waals surface area contributed by atoms with Gasteiger partial charge in [-0.05, 0) is 44.0 Å². The van der Waals surface area contributed by atoms with E-state index in [0.717, 1.165) is 42.8 Å². The van der Waals surface area contributed by atoms with Gasteiger partial charge in [-0.2, -0.15) is 5.10 Å². The lowest BCUT2D eigenvalue weighted by Crippen LogP contribution is -2.50. The molecule has 1 aromatic heterocycles. The molecule has 1 amide bonds. The lowest BCUT2D eigenvalue weighted by Gasteiger charge is -2.26. The summed E-state index contributed by atoms with van der Waals surface area (Å²) in [5.74, 6) is 0.0595. The fourth-order valence-electron chi connectivity index (χ4n) is 2.89. The second-order valence-electron chi connectivity index (χ2n) is 5.47. The molecule has 5 nitrogen and oxygen atoms in total. The topological polar surface area (TPSA) is 69.8 Å². The zero-order chi connectivity index (χ0) is 14.7. The smallest absolute Gasteiger partial charge is 0.244 e. The molecule has 2 aromatic rings. The van der Waals surface area contributed by atoms with Crippen LogP contribution in [0.4, 0.5) is 5.69 Å². The lowest BCUT2D eigenvalue weighted by molar-refractivity contribution is -0.122. The Kier molecular flexibility index (Phi) is 5.21. The zero-order valence-corrected chi connectivity index (χ0v) is 13.4. The fraction of sp³-hybridized carbons (Fsp3) is 0.375. The number of nitrogens with one attached hydrogen (secondary N) is 3. The standard InChI is InChI=1S/C16H20N4O.ClH/c1-2-16(8-4-9-17-16)15(21)19-13-6-3-5-12(11-13)14-7-10-18-20-14;/h3,5-7,10-11,17H,2,4,8-9H2,1H3,(H,18,20)(H,19,21);1H. The van der Waals surface area contributed by atoms with Crippen molar-refractivity contribution in [3.63, 3.8) is 0 Å². The van der Waals surface area contributed by atoms with E-state index in [4.69, 9.17) is 0 Å². The van der Waals surface area contributed by atoms with E-state index < -0.39 is 5.54 Å². The summed E-state index contributed by atoms with van der Waals surface area (Å²) in [4.78, 5) is 12.6. The summed E-state index contributed by atoms with van der Waals surface area (Å²) >= 11 is 0. The van der Waals surface area contributed by atoms with Gasteiger partial charge in [-0.3, -0.25) is 9.89 Å². The van der Waals surface area contributed by atoms with E-state index in [0.29, 0.717) is 0 Å². The first-order valence-corrected chi connectivity index (χ1v) is 7.40. The Balaban J connectivity index is 0.00000176. The molecule has 1 atom stereocenters. The van der Waals surface area contributed by atoms with E-state index in [1.54, 1.807) is 6.20 Å². The maximum Gasteiger partial charge on any atom is 0.244 e. The predicted molar refractivity (Wildman–Crippen MR) is 90.2 cm³/mol. The predicted octanol–water partition coefficient (Wildman–Crippen LogP) is 2.97. The number of hydrogen-bond donors (Lipinski definition) is 3. The van der Waals surface area contributed by atoms with E-state index in [9.17, 15) is 4.79 Å². The van der Waals surface area contributed by atoms with E-state index in [2.05, 4.69) is 27.8 Å². The van der Waals surface area contributed by atoms with Crippen molar-refractivity contribution in [1.82, 2.24) is 15.5 Å². The molecule has 0 saturated carbocycles. The first kappa shape index (κ1) is 16.5. The van der Waals surface area contributed by atoms with Gasteiger partial charge in [0.2, 0.25) is 5.91 Å². The maximum absolute atomic E-state index is 12.6. The monoisotopic (exact) mass is 320 g/mol. The molecule has 1 saturated heterocycles. The van der Waals surface area contributed by atoms with Crippen LogP contribution in [0.5, 0.6) is 0 Å². The molecule has 118 valence electrons. The summed E-state index contributed by atoms with van der Waals surface area (Å²) in [5, 5.41) is 13.3. The normalized spacial score (nSPS) is 20.4. The van der Waals surface area contributed by atoms with Crippen molar-refractivity contribution in [2.24, 2.45) is 0 Å². The molecule has 3 N–H and O–H groups in total. The number of hydrogen-bond acceptors (Lipinski definition) is 3. The molecule has 22 heavy (non-hydrogen) atoms. The Morgan fingerprint density at radius 3 is 2.91 bits per heavy atom. The molecule has 6 heteroatoms. The van der Waals surface area contributed by atoms with Crippen LogP contribution in [0.25, 0.3) is 11.3 Å². The number of carbonyl (C=O) groups excluding carboxylic acids is 1. The van der Waals surface area contributed by atoms with E-state index in [-0.39, 0.29) is 18.3 Å². The first-order chi connectivity index (χ1) is 10.2. The molecule has 1 aromatic carbocycles. The molecular formula is C16H21ClN4O. The highest BCUT2D eigenvalue weighted by Crippen LogP contribution is 2.26. The average molecular weight is 321 g/mol. The summed E-state index contributed by atoms with van der Waals surface area (Å²) in [6.45, 7) is 2.97. The third-order valence-electron chi connectivity index (χ3n) is 4.21. The van der Waals surface area contributed by atoms with Crippen molar-refractivity contribution < 1.29 is 4.79 Å². The number of nitrogens with zero attached hydrogens (tertiary/aromatic N) is 1. The van der Waals surface area contributed by atoms with Crippen molar-refractivity contribution >= 4 is 24.0 Å². The number of amides is 1. The SMILES string of the molecule is CCC1(C(=O)Nc2cccc(-c3ccn[nH]3)c2)CCCN1.Cl. The Morgan fingerprint density at radius 1 is 1.41 bits per heavy atom. The van der Waals surface area contributed by atoms with Gasteiger partial charge in [-0.15, -0.1) is 12.4 Å². The third-order valence-corrected chi connectivity index (χ3v) is 4.21. The van der Waals surface area contributed by atoms with Crippen LogP contribution < -0.4 is 10.6 Å². The molecule has 1 aliphatic heterocycles. The minimum atomic E-state index is -0.413. The second kappa shape index (κ2) is 6.94. The van der Waals surface area contributed by atoms with Gasteiger partial charge in [-0.25, -0.2) is 0 Å². The summed E-state index contributed by atoms with van der Waals surface area (Å²) in [6, 6.07) is 9.71. The van der Waals surface area contributed by atoms with Crippen molar-refractivity contribution in [2.75, 3.05) is 11.9 Å². The van der Waals surface area contributed by atoms with Gasteiger partial charge in [0.15, 0.2) is 0 Å². The fourth-order valence-corrected chi connectivity index (χ4v) is 2.89. The van der Waals surface area contributed by atoms with Gasteiger partial charge in [-0.1, -0.05) is 19.1 Å². The van der Waals surface area contributed by atoms with Crippen molar-refractivity contribution in [1.29, 1.82) is 0 Å². The summed E-state index contributed by atoms with van der Waals surface area (Å²) in [7, 11) is 0. The van der Waals surface area contributed by atoms with E-state index >= 15 is 0 Å². The molecule has 0 bridgehead atoms. The number of H-pyrrole nitrogens is 1. The van der Waals surface area contributed by atoms with E-state index in [1.807, 2.05) is 30.3 Å². The molecule has 2 heterocycles. The summed E-state index contributed by atoms with van der Waals surface area (Å²) in [6.07, 6.45) is 4.47. The second-order valence-corrected chi connectivity index (χ2v) is 5.47. The Bertz CT molecular complexity index is 621. The van der Waals surface area contributed by atoms with Crippen molar-refractivity contribution in [3.05, 3.63) is 36.5 Å². The molecule has 0 radical (unpaired) electrons. The quantitative estimate of drug-likeness (QED) is 0.811. The van der Waals surface area contributed by atoms with Crippen LogP contribution in [0.3, 0.4) is 0 Å². The van der Waals surface area contributed by atoms with Crippen LogP contribution >= 0.6 is 12.4 Å². The summed E-state index contributed by atoms with van der Waals surface area (Å²) in [5.41, 5.74) is 2.35. The van der Waals surface area contributed by atoms with Crippen LogP contribution in [-0.4, -0.2) is 28.2 Å². The van der Waals surface area contributed by atoms with Crippen molar-refractivity contribution in [2.45, 2.75) is 31.7 Å². The zero-order valence-electron chi connectivity index (χ0n) is 12.6. The average Bonchev–Trinajstić information content (AvgIpc) is 3.20. The number of rotatable bonds is 4. The van der Waals surface area contributed by atoms with Crippen LogP contribution in [0.2, 0.25) is 0 Å². The summed E-state index contributed by atoms with van der Waals surface area (Å²) < 4.78 is 0. The highest BCUT2D eigenvalue weighted by atomic mass is 35.5. The van der Waals surface area contributed by atoms with Gasteiger partial charge in [0, 0.05) is 17.4 Å². The van der Waals surface area contributed by atoms with E-state index in [1.165, 1.54) is 0 Å². The number of benzene rings is 1. The Hall–Kier alpha value is -1.85. The number of aromatic nitrogens is 2. The van der Waals surface area contributed by atoms with Gasteiger partial charge in [0.05, 0.1) is 11.2 Å². The highest BCUT2D eigenvalue weighted by molar-refractivity contribution is 5.98. The molecular weight excluding hydrogens is 300 g/mol. The Labute approximate surface area is 136 Å². The molecule has 0 spiro atoms. The third kappa shape index (κ3) is 3.15. The number of halogens is 1. The number of anilines is 1. The van der Waals surface area contributed by atoms with Gasteiger partial charge in [0.1, 0.15) is 0 Å². The molecule has 3 rings (SSSR count). The van der Waals surface area contributed by atoms with Crippen molar-refractivity contribution in [3.8, 4) is 11.3 Å². The van der Waals surface area contributed by atoms with Crippen LogP contribution in [0.15, 0.2) is 36.5 Å². The lowest BCUT2D eigenvalue weighted by atomic mass is 9.93. The number of carbonyl (C=O) groups is 1. The van der Waals surface area contributed by atoms with Gasteiger partial charge in [0.25, 0.3) is 0 Å². The Morgan fingerprint density at radius 2 is 2.27 bits per heavy atom.